The van der Waals surface area contributed by atoms with Crippen molar-refractivity contribution in [3.63, 3.8) is 0 Å². The van der Waals surface area contributed by atoms with E-state index >= 15 is 0 Å². The average molecular weight is 351 g/mol. The summed E-state index contributed by atoms with van der Waals surface area (Å²) in [6.07, 6.45) is 0. The van der Waals surface area contributed by atoms with E-state index in [0.29, 0.717) is 10.1 Å². The summed E-state index contributed by atoms with van der Waals surface area (Å²) in [5, 5.41) is 7.24. The van der Waals surface area contributed by atoms with Crippen molar-refractivity contribution in [1.29, 1.82) is 0 Å². The molecule has 124 valence electrons. The number of nitrogens with zero attached hydrogens (tertiary/aromatic N) is 4. The number of halogens is 1. The second-order valence-corrected chi connectivity index (χ2v) is 5.45. The molecule has 2 unspecified atom stereocenters. The first-order valence-electron chi connectivity index (χ1n) is 7.01. The Bertz CT molecular complexity index is 763. The molecule has 2 heterocycles. The minimum Gasteiger partial charge on any atom is -0.461 e. The van der Waals surface area contributed by atoms with E-state index in [0.717, 1.165) is 4.90 Å². The maximum Gasteiger partial charge on any atom is 0.355 e. The number of carbonyl (C=O) groups excluding carboxylic acids is 3. The van der Waals surface area contributed by atoms with E-state index in [-0.39, 0.29) is 18.0 Å². The molecule has 0 saturated carbocycles. The van der Waals surface area contributed by atoms with Crippen molar-refractivity contribution >= 4 is 40.8 Å². The summed E-state index contributed by atoms with van der Waals surface area (Å²) in [5.74, 6) is -3.47. The Morgan fingerprint density at radius 1 is 1.29 bits per heavy atom. The Morgan fingerprint density at radius 3 is 2.54 bits per heavy atom. The molecule has 24 heavy (non-hydrogen) atoms. The summed E-state index contributed by atoms with van der Waals surface area (Å²) in [4.78, 5) is 49.0. The molecule has 1 saturated heterocycles. The van der Waals surface area contributed by atoms with E-state index in [1.54, 1.807) is 6.92 Å². The highest BCUT2D eigenvalue weighted by molar-refractivity contribution is 6.46. The summed E-state index contributed by atoms with van der Waals surface area (Å²) in [6, 6.07) is 4.71. The molecule has 0 aliphatic carbocycles. The number of ether oxygens (including phenoxy) is 1. The van der Waals surface area contributed by atoms with Crippen LogP contribution in [0.3, 0.4) is 0 Å². The van der Waals surface area contributed by atoms with Gasteiger partial charge in [-0.25, -0.2) is 9.69 Å². The normalized spacial score (nSPS) is 22.5. The summed E-state index contributed by atoms with van der Waals surface area (Å²) >= 11 is 5.80. The fourth-order valence-corrected chi connectivity index (χ4v) is 2.80. The number of nitroso groups, excluding NO2 is 1. The van der Waals surface area contributed by atoms with Gasteiger partial charge >= 0.3 is 5.97 Å². The molecular formula is C14H11ClN4O5. The predicted octanol–water partition coefficient (Wildman–Crippen LogP) is 1.11. The van der Waals surface area contributed by atoms with Crippen LogP contribution in [0.5, 0.6) is 0 Å². The molecule has 0 bridgehead atoms. The van der Waals surface area contributed by atoms with Crippen molar-refractivity contribution < 1.29 is 19.1 Å². The lowest BCUT2D eigenvalue weighted by atomic mass is 9.98. The molecule has 1 fully saturated rings. The van der Waals surface area contributed by atoms with E-state index in [1.807, 2.05) is 0 Å². The van der Waals surface area contributed by atoms with Gasteiger partial charge in [-0.3, -0.25) is 9.59 Å². The van der Waals surface area contributed by atoms with Crippen LogP contribution in [0.25, 0.3) is 0 Å². The minimum absolute atomic E-state index is 0.0623. The van der Waals surface area contributed by atoms with Crippen LogP contribution in [0.15, 0.2) is 34.7 Å². The second-order valence-electron chi connectivity index (χ2n) is 5.02. The first-order valence-corrected chi connectivity index (χ1v) is 7.39. The van der Waals surface area contributed by atoms with Gasteiger partial charge < -0.3 is 4.74 Å². The largest absolute Gasteiger partial charge is 0.461 e. The van der Waals surface area contributed by atoms with Crippen LogP contribution in [0.1, 0.15) is 6.92 Å². The van der Waals surface area contributed by atoms with Crippen molar-refractivity contribution in [2.24, 2.45) is 16.3 Å². The Labute approximate surface area is 140 Å². The van der Waals surface area contributed by atoms with Gasteiger partial charge in [-0.15, -0.1) is 15.1 Å². The highest BCUT2D eigenvalue weighted by atomic mass is 35.5. The number of esters is 1. The highest BCUT2D eigenvalue weighted by Crippen LogP contribution is 2.35. The Balaban J connectivity index is 2.00. The third-order valence-electron chi connectivity index (χ3n) is 3.68. The number of carbonyl (C=O) groups is 3. The lowest BCUT2D eigenvalue weighted by Crippen LogP contribution is -2.36. The molecule has 0 radical (unpaired) electrons. The first-order chi connectivity index (χ1) is 11.5. The molecule has 2 aliphatic heterocycles. The zero-order chi connectivity index (χ0) is 17.4. The van der Waals surface area contributed by atoms with Crippen LogP contribution in [0, 0.1) is 10.8 Å². The molecule has 1 aromatic rings. The van der Waals surface area contributed by atoms with Crippen LogP contribution in [0.2, 0.25) is 5.02 Å². The second kappa shape index (κ2) is 6.00. The maximum absolute atomic E-state index is 12.7. The number of fused-ring (bicyclic) bond motifs is 1. The van der Waals surface area contributed by atoms with E-state index in [1.165, 1.54) is 24.3 Å². The van der Waals surface area contributed by atoms with Gasteiger partial charge in [0.15, 0.2) is 11.8 Å². The highest BCUT2D eigenvalue weighted by Gasteiger charge is 2.59. The Hall–Kier alpha value is -2.81. The molecule has 1 aromatic carbocycles. The van der Waals surface area contributed by atoms with Crippen molar-refractivity contribution in [1.82, 2.24) is 5.12 Å². The smallest absolute Gasteiger partial charge is 0.355 e. The van der Waals surface area contributed by atoms with Gasteiger partial charge in [0.05, 0.1) is 17.6 Å². The third-order valence-corrected chi connectivity index (χ3v) is 3.93. The molecule has 2 aliphatic rings. The quantitative estimate of drug-likeness (QED) is 0.457. The van der Waals surface area contributed by atoms with Crippen molar-refractivity contribution in [3.05, 3.63) is 34.2 Å². The lowest BCUT2D eigenvalue weighted by molar-refractivity contribution is -0.136. The number of imide groups is 1. The molecule has 3 rings (SSSR count). The van der Waals surface area contributed by atoms with E-state index in [9.17, 15) is 19.3 Å². The Kier molecular flexibility index (Phi) is 4.02. The number of hydrazone groups is 1. The topological polar surface area (TPSA) is 109 Å². The Morgan fingerprint density at radius 2 is 1.96 bits per heavy atom. The summed E-state index contributed by atoms with van der Waals surface area (Å²) in [5.41, 5.74) is -0.0332. The van der Waals surface area contributed by atoms with Gasteiger partial charge in [0.1, 0.15) is 5.92 Å². The van der Waals surface area contributed by atoms with Gasteiger partial charge in [-0.1, -0.05) is 11.6 Å². The lowest BCUT2D eigenvalue weighted by Gasteiger charge is -2.16. The van der Waals surface area contributed by atoms with Crippen LogP contribution in [-0.2, 0) is 19.1 Å². The molecule has 0 aromatic heterocycles. The number of hydrogen-bond donors (Lipinski definition) is 0. The fraction of sp³-hybridized carbons (Fsp3) is 0.286. The first kappa shape index (κ1) is 16.1. The van der Waals surface area contributed by atoms with Gasteiger partial charge in [0, 0.05) is 5.02 Å². The van der Waals surface area contributed by atoms with Crippen molar-refractivity contribution in [3.8, 4) is 0 Å². The summed E-state index contributed by atoms with van der Waals surface area (Å²) < 4.78 is 4.83. The summed E-state index contributed by atoms with van der Waals surface area (Å²) in [6.45, 7) is 1.65. The molecule has 2 atom stereocenters. The van der Waals surface area contributed by atoms with Crippen LogP contribution in [-0.4, -0.2) is 41.3 Å². The predicted molar refractivity (Wildman–Crippen MR) is 82.9 cm³/mol. The van der Waals surface area contributed by atoms with E-state index in [4.69, 9.17) is 16.3 Å². The SMILES string of the molecule is CCOC(=O)C1=NN(N=O)C2C(=O)N(c3ccc(Cl)cc3)C(=O)C12. The molecule has 9 nitrogen and oxygen atoms in total. The fourth-order valence-electron chi connectivity index (χ4n) is 2.68. The van der Waals surface area contributed by atoms with Crippen molar-refractivity contribution in [2.45, 2.75) is 13.0 Å². The third kappa shape index (κ3) is 2.33. The van der Waals surface area contributed by atoms with Crippen LogP contribution < -0.4 is 4.90 Å². The van der Waals surface area contributed by atoms with Gasteiger partial charge in [0.2, 0.25) is 5.91 Å². The van der Waals surface area contributed by atoms with Gasteiger partial charge in [-0.05, 0) is 31.2 Å². The minimum atomic E-state index is -1.29. The number of amides is 2. The molecule has 0 spiro atoms. The number of benzene rings is 1. The average Bonchev–Trinajstić information content (AvgIpc) is 3.07. The molecule has 2 amide bonds. The molecular weight excluding hydrogens is 340 g/mol. The monoisotopic (exact) mass is 350 g/mol. The molecule has 0 N–H and O–H groups in total. The zero-order valence-electron chi connectivity index (χ0n) is 12.4. The van der Waals surface area contributed by atoms with Crippen molar-refractivity contribution in [2.75, 3.05) is 11.5 Å². The van der Waals surface area contributed by atoms with Crippen LogP contribution >= 0.6 is 11.6 Å². The van der Waals surface area contributed by atoms with E-state index in [2.05, 4.69) is 10.4 Å². The number of anilines is 1. The number of rotatable bonds is 4. The standard InChI is InChI=1S/C14H11ClN4O5/c1-2-24-14(22)10-9-11(19(16-10)17-23)13(21)18(12(9)20)8-5-3-7(15)4-6-8/h3-6,9,11H,2H2,1H3. The van der Waals surface area contributed by atoms with Gasteiger partial charge in [-0.2, -0.15) is 0 Å². The molecule has 10 heteroatoms. The maximum atomic E-state index is 12.7. The van der Waals surface area contributed by atoms with Gasteiger partial charge in [0.25, 0.3) is 5.91 Å². The van der Waals surface area contributed by atoms with E-state index < -0.39 is 29.7 Å². The number of hydrogen-bond acceptors (Lipinski definition) is 7. The summed E-state index contributed by atoms with van der Waals surface area (Å²) in [7, 11) is 0. The zero-order valence-corrected chi connectivity index (χ0v) is 13.1. The van der Waals surface area contributed by atoms with Crippen LogP contribution in [0.4, 0.5) is 5.69 Å².